The zero-order chi connectivity index (χ0) is 12.4. The molecule has 1 saturated carbocycles. The highest BCUT2D eigenvalue weighted by molar-refractivity contribution is 9.10. The van der Waals surface area contributed by atoms with Crippen LogP contribution in [0.1, 0.15) is 31.2 Å². The number of nitrogens with one attached hydrogen (secondary N) is 1. The largest absolute Gasteiger partial charge is 0.359 e. The molecule has 1 aromatic carbocycles. The second-order valence-corrected chi connectivity index (χ2v) is 7.03. The van der Waals surface area contributed by atoms with E-state index in [0.29, 0.717) is 5.54 Å². The molecule has 0 radical (unpaired) electrons. The highest BCUT2D eigenvalue weighted by Crippen LogP contribution is 2.37. The summed E-state index contributed by atoms with van der Waals surface area (Å²) in [6, 6.07) is 8.39. The maximum atomic E-state index is 4.70. The molecule has 2 aliphatic rings. The van der Waals surface area contributed by atoms with E-state index in [1.54, 1.807) is 0 Å². The van der Waals surface area contributed by atoms with E-state index in [9.17, 15) is 0 Å². The van der Waals surface area contributed by atoms with Crippen LogP contribution in [0.2, 0.25) is 0 Å². The topological polar surface area (TPSA) is 24.4 Å². The van der Waals surface area contributed by atoms with Crippen LogP contribution in [0.5, 0.6) is 0 Å². The second-order valence-electron chi connectivity index (χ2n) is 5.15. The third-order valence-electron chi connectivity index (χ3n) is 3.74. The molecule has 1 aliphatic carbocycles. The highest BCUT2D eigenvalue weighted by Gasteiger charge is 2.39. The summed E-state index contributed by atoms with van der Waals surface area (Å²) in [5, 5.41) is 4.79. The van der Waals surface area contributed by atoms with Crippen molar-refractivity contribution in [3.8, 4) is 0 Å². The predicted octanol–water partition coefficient (Wildman–Crippen LogP) is 3.95. The van der Waals surface area contributed by atoms with E-state index in [4.69, 9.17) is 4.99 Å². The molecule has 1 aliphatic heterocycles. The summed E-state index contributed by atoms with van der Waals surface area (Å²) in [6.45, 7) is 0.776. The van der Waals surface area contributed by atoms with Gasteiger partial charge >= 0.3 is 0 Å². The van der Waals surface area contributed by atoms with E-state index in [1.165, 1.54) is 37.0 Å². The van der Waals surface area contributed by atoms with Crippen LogP contribution in [-0.4, -0.2) is 16.5 Å². The molecule has 1 heterocycles. The van der Waals surface area contributed by atoms with E-state index in [-0.39, 0.29) is 0 Å². The van der Waals surface area contributed by atoms with Crippen LogP contribution >= 0.6 is 27.7 Å². The van der Waals surface area contributed by atoms with Gasteiger partial charge in [0, 0.05) is 15.8 Å². The number of hydrogen-bond acceptors (Lipinski definition) is 2. The number of hydrogen-bond donors (Lipinski definition) is 1. The zero-order valence-electron chi connectivity index (χ0n) is 10.3. The Morgan fingerprint density at radius 1 is 1.22 bits per heavy atom. The Morgan fingerprint density at radius 2 is 1.94 bits per heavy atom. The number of halogens is 1. The van der Waals surface area contributed by atoms with Gasteiger partial charge in [0.1, 0.15) is 0 Å². The Hall–Kier alpha value is -0.480. The number of rotatable bonds is 2. The molecule has 0 bridgehead atoms. The van der Waals surface area contributed by atoms with Gasteiger partial charge in [0.15, 0.2) is 5.17 Å². The molecule has 1 saturated heterocycles. The van der Waals surface area contributed by atoms with Crippen molar-refractivity contribution in [3.63, 3.8) is 0 Å². The van der Waals surface area contributed by atoms with Crippen molar-refractivity contribution < 1.29 is 0 Å². The number of nitrogens with zero attached hydrogens (tertiary/aromatic N) is 1. The molecule has 1 N–H and O–H groups in total. The molecule has 3 rings (SSSR count). The SMILES string of the molecule is Brc1ccc(CN=C2NC3(CCCC3)CS2)cc1. The molecule has 0 atom stereocenters. The van der Waals surface area contributed by atoms with Gasteiger partial charge in [-0.2, -0.15) is 0 Å². The summed E-state index contributed by atoms with van der Waals surface area (Å²) in [5.74, 6) is 1.20. The Morgan fingerprint density at radius 3 is 2.67 bits per heavy atom. The van der Waals surface area contributed by atoms with Gasteiger partial charge in [0.05, 0.1) is 6.54 Å². The number of amidine groups is 1. The van der Waals surface area contributed by atoms with Crippen LogP contribution in [0.25, 0.3) is 0 Å². The third kappa shape index (κ3) is 2.75. The lowest BCUT2D eigenvalue weighted by atomic mass is 10.0. The summed E-state index contributed by atoms with van der Waals surface area (Å²) in [6.07, 6.45) is 5.37. The first-order chi connectivity index (χ1) is 8.76. The Kier molecular flexibility index (Phi) is 3.66. The molecule has 18 heavy (non-hydrogen) atoms. The van der Waals surface area contributed by atoms with E-state index in [1.807, 2.05) is 11.8 Å². The fraction of sp³-hybridized carbons (Fsp3) is 0.500. The minimum atomic E-state index is 0.378. The van der Waals surface area contributed by atoms with Crippen LogP contribution < -0.4 is 5.32 Å². The van der Waals surface area contributed by atoms with E-state index in [0.717, 1.165) is 16.2 Å². The fourth-order valence-electron chi connectivity index (χ4n) is 2.66. The Labute approximate surface area is 121 Å². The summed E-state index contributed by atoms with van der Waals surface area (Å²) in [7, 11) is 0. The van der Waals surface area contributed by atoms with E-state index in [2.05, 4.69) is 45.5 Å². The first-order valence-electron chi connectivity index (χ1n) is 6.46. The first-order valence-corrected chi connectivity index (χ1v) is 8.24. The second kappa shape index (κ2) is 5.25. The van der Waals surface area contributed by atoms with Crippen molar-refractivity contribution in [1.29, 1.82) is 0 Å². The average molecular weight is 325 g/mol. The van der Waals surface area contributed by atoms with Crippen molar-refractivity contribution in [2.24, 2.45) is 4.99 Å². The van der Waals surface area contributed by atoms with Gasteiger partial charge in [-0.05, 0) is 30.5 Å². The van der Waals surface area contributed by atoms with Gasteiger partial charge in [-0.15, -0.1) is 0 Å². The molecule has 0 unspecified atom stereocenters. The molecule has 0 amide bonds. The van der Waals surface area contributed by atoms with Gasteiger partial charge in [0.2, 0.25) is 0 Å². The quantitative estimate of drug-likeness (QED) is 0.890. The predicted molar refractivity (Wildman–Crippen MR) is 82.1 cm³/mol. The van der Waals surface area contributed by atoms with E-state index >= 15 is 0 Å². The van der Waals surface area contributed by atoms with Gasteiger partial charge < -0.3 is 5.32 Å². The zero-order valence-corrected chi connectivity index (χ0v) is 12.7. The average Bonchev–Trinajstić information content (AvgIpc) is 3.00. The minimum Gasteiger partial charge on any atom is -0.359 e. The lowest BCUT2D eigenvalue weighted by Gasteiger charge is -2.21. The number of aliphatic imine (C=N–C) groups is 1. The fourth-order valence-corrected chi connectivity index (χ4v) is 4.15. The summed E-state index contributed by atoms with van der Waals surface area (Å²) in [5.41, 5.74) is 1.64. The van der Waals surface area contributed by atoms with Gasteiger partial charge in [-0.1, -0.05) is 52.7 Å². The maximum Gasteiger partial charge on any atom is 0.157 e. The van der Waals surface area contributed by atoms with Crippen molar-refractivity contribution in [2.45, 2.75) is 37.8 Å². The van der Waals surface area contributed by atoms with Crippen LogP contribution in [-0.2, 0) is 6.54 Å². The molecule has 96 valence electrons. The molecule has 4 heteroatoms. The smallest absolute Gasteiger partial charge is 0.157 e. The number of thioether (sulfide) groups is 1. The standard InChI is InChI=1S/C14H17BrN2S/c15-12-5-3-11(4-6-12)9-16-13-17-14(10-18-13)7-1-2-8-14/h3-6H,1-2,7-10H2,(H,16,17). The maximum absolute atomic E-state index is 4.70. The minimum absolute atomic E-state index is 0.378. The van der Waals surface area contributed by atoms with Crippen molar-refractivity contribution in [2.75, 3.05) is 5.75 Å². The Bertz CT molecular complexity index is 449. The molecule has 1 spiro atoms. The highest BCUT2D eigenvalue weighted by atomic mass is 79.9. The molecule has 1 aromatic rings. The molecular weight excluding hydrogens is 308 g/mol. The van der Waals surface area contributed by atoms with Crippen LogP contribution in [0, 0.1) is 0 Å². The molecular formula is C14H17BrN2S. The van der Waals surface area contributed by atoms with Crippen LogP contribution in [0.15, 0.2) is 33.7 Å². The van der Waals surface area contributed by atoms with Gasteiger partial charge in [0.25, 0.3) is 0 Å². The Balaban J connectivity index is 1.62. The van der Waals surface area contributed by atoms with Gasteiger partial charge in [-0.25, -0.2) is 0 Å². The molecule has 0 aromatic heterocycles. The van der Waals surface area contributed by atoms with Crippen molar-refractivity contribution in [3.05, 3.63) is 34.3 Å². The molecule has 2 fully saturated rings. The van der Waals surface area contributed by atoms with Crippen LogP contribution in [0.4, 0.5) is 0 Å². The summed E-state index contributed by atoms with van der Waals surface area (Å²) < 4.78 is 1.12. The van der Waals surface area contributed by atoms with Crippen molar-refractivity contribution >= 4 is 32.9 Å². The van der Waals surface area contributed by atoms with Crippen molar-refractivity contribution in [1.82, 2.24) is 5.32 Å². The molecule has 2 nitrogen and oxygen atoms in total. The summed E-state index contributed by atoms with van der Waals surface area (Å²) >= 11 is 5.34. The van der Waals surface area contributed by atoms with Gasteiger partial charge in [-0.3, -0.25) is 4.99 Å². The summed E-state index contributed by atoms with van der Waals surface area (Å²) in [4.78, 5) is 4.70. The van der Waals surface area contributed by atoms with E-state index < -0.39 is 0 Å². The lowest BCUT2D eigenvalue weighted by molar-refractivity contribution is 0.452. The monoisotopic (exact) mass is 324 g/mol. The lowest BCUT2D eigenvalue weighted by Crippen LogP contribution is -2.40. The number of benzene rings is 1. The first kappa shape index (κ1) is 12.5. The van der Waals surface area contributed by atoms with Crippen LogP contribution in [0.3, 0.4) is 0 Å². The normalized spacial score (nSPS) is 23.7. The third-order valence-corrected chi connectivity index (χ3v) is 5.47.